The molecule has 0 aromatic heterocycles. The second kappa shape index (κ2) is 4.77. The minimum atomic E-state index is -0.00836. The smallest absolute Gasteiger partial charge is 0.305 e. The van der Waals surface area contributed by atoms with Crippen LogP contribution in [0, 0.1) is 29.6 Å². The van der Waals surface area contributed by atoms with E-state index in [0.29, 0.717) is 18.9 Å². The average Bonchev–Trinajstić information content (AvgIpc) is 2.78. The Bertz CT molecular complexity index is 259. The number of hydrogen-bond acceptors (Lipinski definition) is 2. The normalized spacial score (nSPS) is 41.3. The maximum absolute atomic E-state index is 11.3. The van der Waals surface area contributed by atoms with Crippen molar-refractivity contribution >= 4 is 5.97 Å². The van der Waals surface area contributed by atoms with E-state index in [1.165, 1.54) is 12.8 Å². The Hall–Kier alpha value is -0.530. The van der Waals surface area contributed by atoms with Crippen LogP contribution in [0.25, 0.3) is 0 Å². The molecule has 3 unspecified atom stereocenters. The van der Waals surface area contributed by atoms with E-state index in [2.05, 4.69) is 13.8 Å². The van der Waals surface area contributed by atoms with Crippen molar-refractivity contribution in [3.63, 3.8) is 0 Å². The summed E-state index contributed by atoms with van der Waals surface area (Å²) >= 11 is 0. The summed E-state index contributed by atoms with van der Waals surface area (Å²) in [6.07, 6.45) is 4.13. The quantitative estimate of drug-likeness (QED) is 0.685. The molecule has 2 heteroatoms. The molecular weight excluding hydrogens is 200 g/mol. The minimum Gasteiger partial charge on any atom is -0.465 e. The minimum absolute atomic E-state index is 0.00836. The van der Waals surface area contributed by atoms with Crippen LogP contribution in [0.15, 0.2) is 0 Å². The van der Waals surface area contributed by atoms with Crippen molar-refractivity contribution < 1.29 is 9.53 Å². The highest BCUT2D eigenvalue weighted by atomic mass is 16.5. The molecule has 0 radical (unpaired) electrons. The van der Waals surface area contributed by atoms with Gasteiger partial charge in [0.15, 0.2) is 0 Å². The maximum Gasteiger partial charge on any atom is 0.305 e. The lowest BCUT2D eigenvalue weighted by Gasteiger charge is -2.31. The molecule has 2 bridgehead atoms. The van der Waals surface area contributed by atoms with Gasteiger partial charge in [-0.3, -0.25) is 4.79 Å². The topological polar surface area (TPSA) is 26.3 Å². The van der Waals surface area contributed by atoms with Gasteiger partial charge in [-0.15, -0.1) is 0 Å². The molecule has 16 heavy (non-hydrogen) atoms. The van der Waals surface area contributed by atoms with Crippen LogP contribution in [0.3, 0.4) is 0 Å². The molecule has 0 spiro atoms. The maximum atomic E-state index is 11.3. The molecule has 2 aliphatic carbocycles. The van der Waals surface area contributed by atoms with Crippen molar-refractivity contribution in [1.29, 1.82) is 0 Å². The van der Waals surface area contributed by atoms with Crippen LogP contribution in [0.4, 0.5) is 0 Å². The number of esters is 1. The highest BCUT2D eigenvalue weighted by Gasteiger charge is 2.48. The summed E-state index contributed by atoms with van der Waals surface area (Å²) in [6, 6.07) is 0. The molecule has 0 saturated heterocycles. The summed E-state index contributed by atoms with van der Waals surface area (Å²) in [6.45, 7) is 7.45. The largest absolute Gasteiger partial charge is 0.465 e. The van der Waals surface area contributed by atoms with Crippen LogP contribution in [0.2, 0.25) is 0 Å². The van der Waals surface area contributed by atoms with E-state index in [-0.39, 0.29) is 5.97 Å². The summed E-state index contributed by atoms with van der Waals surface area (Å²) in [7, 11) is 0. The van der Waals surface area contributed by atoms with Gasteiger partial charge in [0.05, 0.1) is 6.61 Å². The third kappa shape index (κ3) is 2.11. The van der Waals surface area contributed by atoms with Crippen molar-refractivity contribution in [2.75, 3.05) is 6.61 Å². The number of fused-ring (bicyclic) bond motifs is 2. The molecule has 2 fully saturated rings. The van der Waals surface area contributed by atoms with E-state index in [4.69, 9.17) is 4.74 Å². The third-order valence-corrected chi connectivity index (χ3v) is 4.95. The molecule has 2 aliphatic rings. The fourth-order valence-electron chi connectivity index (χ4n) is 3.76. The van der Waals surface area contributed by atoms with Crippen LogP contribution in [-0.2, 0) is 9.53 Å². The lowest BCUT2D eigenvalue weighted by atomic mass is 9.76. The predicted octanol–water partition coefficient (Wildman–Crippen LogP) is 3.26. The first-order valence-electron chi connectivity index (χ1n) is 6.79. The number of carbonyl (C=O) groups excluding carboxylic acids is 1. The van der Waals surface area contributed by atoms with Crippen LogP contribution >= 0.6 is 0 Å². The predicted molar refractivity (Wildman–Crippen MR) is 63.9 cm³/mol. The fourth-order valence-corrected chi connectivity index (χ4v) is 3.76. The molecule has 0 aromatic rings. The van der Waals surface area contributed by atoms with Gasteiger partial charge in [0.1, 0.15) is 0 Å². The van der Waals surface area contributed by atoms with Gasteiger partial charge in [-0.05, 0) is 48.9 Å². The molecule has 2 nitrogen and oxygen atoms in total. The molecule has 0 N–H and O–H groups in total. The van der Waals surface area contributed by atoms with Gasteiger partial charge in [0, 0.05) is 6.42 Å². The SMILES string of the molecule is CCCC(=O)OCC1C[C@@H]2C[C@@H]1C(C)C2C. The Balaban J connectivity index is 1.79. The molecule has 0 aromatic carbocycles. The van der Waals surface area contributed by atoms with E-state index in [9.17, 15) is 4.79 Å². The Morgan fingerprint density at radius 3 is 2.56 bits per heavy atom. The summed E-state index contributed by atoms with van der Waals surface area (Å²) in [5.41, 5.74) is 0. The van der Waals surface area contributed by atoms with Crippen molar-refractivity contribution in [3.05, 3.63) is 0 Å². The number of carbonyl (C=O) groups is 1. The first-order chi connectivity index (χ1) is 7.63. The molecule has 0 amide bonds. The Kier molecular flexibility index (Phi) is 3.56. The summed E-state index contributed by atoms with van der Waals surface area (Å²) < 4.78 is 5.36. The van der Waals surface area contributed by atoms with Gasteiger partial charge in [-0.25, -0.2) is 0 Å². The standard InChI is InChI=1S/C14H24O2/c1-4-5-14(15)16-8-12-6-11-7-13(12)10(3)9(11)2/h9-13H,4-8H2,1-3H3/t9?,10?,11-,12?,13-/m1/s1. The van der Waals surface area contributed by atoms with Gasteiger partial charge in [-0.1, -0.05) is 20.8 Å². The molecule has 92 valence electrons. The first kappa shape index (κ1) is 11.9. The van der Waals surface area contributed by atoms with Gasteiger partial charge >= 0.3 is 5.97 Å². The van der Waals surface area contributed by atoms with E-state index in [0.717, 1.165) is 30.1 Å². The zero-order chi connectivity index (χ0) is 11.7. The summed E-state index contributed by atoms with van der Waals surface area (Å²) in [4.78, 5) is 11.3. The van der Waals surface area contributed by atoms with Crippen LogP contribution in [0.5, 0.6) is 0 Å². The molecule has 2 saturated carbocycles. The van der Waals surface area contributed by atoms with Crippen molar-refractivity contribution in [1.82, 2.24) is 0 Å². The summed E-state index contributed by atoms with van der Waals surface area (Å²) in [5, 5.41) is 0. The monoisotopic (exact) mass is 224 g/mol. The third-order valence-electron chi connectivity index (χ3n) is 4.95. The van der Waals surface area contributed by atoms with E-state index >= 15 is 0 Å². The Morgan fingerprint density at radius 2 is 2.00 bits per heavy atom. The van der Waals surface area contributed by atoms with Crippen LogP contribution in [0.1, 0.15) is 46.5 Å². The highest BCUT2D eigenvalue weighted by Crippen LogP contribution is 2.54. The van der Waals surface area contributed by atoms with Crippen molar-refractivity contribution in [3.8, 4) is 0 Å². The van der Waals surface area contributed by atoms with E-state index < -0.39 is 0 Å². The van der Waals surface area contributed by atoms with Crippen molar-refractivity contribution in [2.24, 2.45) is 29.6 Å². The summed E-state index contributed by atoms with van der Waals surface area (Å²) in [5.74, 6) is 4.06. The Labute approximate surface area is 98.7 Å². The molecular formula is C14H24O2. The molecule has 0 heterocycles. The zero-order valence-electron chi connectivity index (χ0n) is 10.7. The highest BCUT2D eigenvalue weighted by molar-refractivity contribution is 5.69. The van der Waals surface area contributed by atoms with Crippen molar-refractivity contribution in [2.45, 2.75) is 46.5 Å². The van der Waals surface area contributed by atoms with Gasteiger partial charge in [0.25, 0.3) is 0 Å². The lowest BCUT2D eigenvalue weighted by molar-refractivity contribution is -0.145. The zero-order valence-corrected chi connectivity index (χ0v) is 10.7. The van der Waals surface area contributed by atoms with Gasteiger partial charge < -0.3 is 4.74 Å². The first-order valence-corrected chi connectivity index (χ1v) is 6.79. The van der Waals surface area contributed by atoms with Gasteiger partial charge in [0.2, 0.25) is 0 Å². The molecule has 0 aliphatic heterocycles. The van der Waals surface area contributed by atoms with Crippen LogP contribution in [-0.4, -0.2) is 12.6 Å². The lowest BCUT2D eigenvalue weighted by Crippen LogP contribution is -2.28. The fraction of sp³-hybridized carbons (Fsp3) is 0.929. The average molecular weight is 224 g/mol. The number of rotatable bonds is 4. The van der Waals surface area contributed by atoms with E-state index in [1.807, 2.05) is 6.92 Å². The second-order valence-corrected chi connectivity index (χ2v) is 5.81. The molecule has 5 atom stereocenters. The second-order valence-electron chi connectivity index (χ2n) is 5.81. The van der Waals surface area contributed by atoms with E-state index in [1.54, 1.807) is 0 Å². The van der Waals surface area contributed by atoms with Gasteiger partial charge in [-0.2, -0.15) is 0 Å². The molecule has 2 rings (SSSR count). The number of hydrogen-bond donors (Lipinski definition) is 0. The van der Waals surface area contributed by atoms with Crippen LogP contribution < -0.4 is 0 Å². The Morgan fingerprint density at radius 1 is 1.25 bits per heavy atom. The number of ether oxygens (including phenoxy) is 1.